The summed E-state index contributed by atoms with van der Waals surface area (Å²) in [5.41, 5.74) is 1.92. The average Bonchev–Trinajstić information content (AvgIpc) is 3.17. The highest BCUT2D eigenvalue weighted by molar-refractivity contribution is 6.05. The Morgan fingerprint density at radius 1 is 0.972 bits per heavy atom. The number of carbonyl (C=O) groups excluding carboxylic acids is 3. The molecular formula is C29H39N3O4. The number of piperidine rings is 1. The number of nitrogens with one attached hydrogen (secondary N) is 2. The van der Waals surface area contributed by atoms with Gasteiger partial charge < -0.3 is 15.0 Å². The molecule has 4 saturated carbocycles. The van der Waals surface area contributed by atoms with E-state index in [1.807, 2.05) is 12.1 Å². The fraction of sp³-hybridized carbons (Fsp3) is 0.690. The van der Waals surface area contributed by atoms with Crippen LogP contribution in [-0.4, -0.2) is 47.4 Å². The molecule has 6 aliphatic rings. The molecule has 1 aromatic carbocycles. The third-order valence-electron chi connectivity index (χ3n) is 9.41. The fourth-order valence-corrected chi connectivity index (χ4v) is 8.14. The fourth-order valence-electron chi connectivity index (χ4n) is 8.14. The van der Waals surface area contributed by atoms with Crippen LogP contribution in [0.15, 0.2) is 18.2 Å². The molecule has 1 atom stereocenters. The lowest BCUT2D eigenvalue weighted by Crippen LogP contribution is -2.58. The van der Waals surface area contributed by atoms with Gasteiger partial charge in [-0.2, -0.15) is 0 Å². The molecule has 5 fully saturated rings. The third kappa shape index (κ3) is 4.67. The lowest BCUT2D eigenvalue weighted by atomic mass is 9.53. The number of benzene rings is 1. The summed E-state index contributed by atoms with van der Waals surface area (Å²) in [6.45, 7) is 2.12. The average molecular weight is 494 g/mol. The van der Waals surface area contributed by atoms with Crippen molar-refractivity contribution in [2.45, 2.75) is 95.2 Å². The number of ether oxygens (including phenoxy) is 1. The molecule has 7 nitrogen and oxygen atoms in total. The molecule has 2 N–H and O–H groups in total. The zero-order valence-corrected chi connectivity index (χ0v) is 21.2. The maximum Gasteiger partial charge on any atom is 0.255 e. The number of nitrogens with zero attached hydrogens (tertiary/aromatic N) is 1. The monoisotopic (exact) mass is 493 g/mol. The maximum absolute atomic E-state index is 13.0. The van der Waals surface area contributed by atoms with Crippen LogP contribution in [0.3, 0.4) is 0 Å². The first-order chi connectivity index (χ1) is 17.5. The maximum atomic E-state index is 13.0. The molecule has 1 aromatic rings. The first-order valence-corrected chi connectivity index (χ1v) is 14.1. The Morgan fingerprint density at radius 3 is 2.42 bits per heavy atom. The van der Waals surface area contributed by atoms with Gasteiger partial charge in [0.1, 0.15) is 11.8 Å². The highest BCUT2D eigenvalue weighted by Crippen LogP contribution is 2.55. The predicted molar refractivity (Wildman–Crippen MR) is 135 cm³/mol. The quantitative estimate of drug-likeness (QED) is 0.381. The number of imide groups is 1. The van der Waals surface area contributed by atoms with Gasteiger partial charge in [-0.05, 0) is 94.2 Å². The molecule has 7 heteroatoms. The van der Waals surface area contributed by atoms with Crippen LogP contribution in [0.2, 0.25) is 0 Å². The molecule has 3 amide bonds. The van der Waals surface area contributed by atoms with Crippen LogP contribution in [0.5, 0.6) is 5.75 Å². The van der Waals surface area contributed by atoms with Gasteiger partial charge in [-0.1, -0.05) is 18.9 Å². The summed E-state index contributed by atoms with van der Waals surface area (Å²) in [6, 6.07) is 4.96. The molecule has 2 heterocycles. The van der Waals surface area contributed by atoms with E-state index in [-0.39, 0.29) is 24.1 Å². The molecule has 0 aromatic heterocycles. The minimum Gasteiger partial charge on any atom is -0.493 e. The lowest BCUT2D eigenvalue weighted by molar-refractivity contribution is -0.136. The van der Waals surface area contributed by atoms with Crippen molar-refractivity contribution in [2.75, 3.05) is 13.2 Å². The van der Waals surface area contributed by atoms with Crippen LogP contribution in [0, 0.1) is 17.8 Å². The normalized spacial score (nSPS) is 32.7. The largest absolute Gasteiger partial charge is 0.493 e. The van der Waals surface area contributed by atoms with Crippen molar-refractivity contribution < 1.29 is 19.1 Å². The molecule has 4 bridgehead atoms. The van der Waals surface area contributed by atoms with Gasteiger partial charge in [0.15, 0.2) is 0 Å². The van der Waals surface area contributed by atoms with E-state index in [0.29, 0.717) is 30.7 Å². The van der Waals surface area contributed by atoms with E-state index >= 15 is 0 Å². The molecule has 0 spiro atoms. The summed E-state index contributed by atoms with van der Waals surface area (Å²) in [5, 5.41) is 6.35. The van der Waals surface area contributed by atoms with Crippen molar-refractivity contribution in [3.05, 3.63) is 29.3 Å². The summed E-state index contributed by atoms with van der Waals surface area (Å²) in [7, 11) is 0. The second-order valence-electron chi connectivity index (χ2n) is 12.1. The Labute approximate surface area is 213 Å². The van der Waals surface area contributed by atoms with E-state index in [4.69, 9.17) is 4.74 Å². The molecular weight excluding hydrogens is 454 g/mol. The summed E-state index contributed by atoms with van der Waals surface area (Å²) in [5.74, 6) is 2.90. The second-order valence-corrected chi connectivity index (χ2v) is 12.1. The standard InChI is InChI=1S/C29H39N3O4/c33-26-9-8-24(27(34)31-26)32-18-23-22(28(32)35)6-5-7-25(23)36-11-4-2-1-3-10-30-29-15-19-12-20(16-29)14-21(13-19)17-29/h5-7,19-21,24,30H,1-4,8-18H2,(H,31,33,34). The van der Waals surface area contributed by atoms with Gasteiger partial charge >= 0.3 is 0 Å². The number of unbranched alkanes of at least 4 members (excludes halogenated alkanes) is 3. The Hall–Kier alpha value is -2.41. The highest BCUT2D eigenvalue weighted by atomic mass is 16.5. The van der Waals surface area contributed by atoms with Crippen LogP contribution in [-0.2, 0) is 16.1 Å². The van der Waals surface area contributed by atoms with Crippen molar-refractivity contribution in [2.24, 2.45) is 17.8 Å². The van der Waals surface area contributed by atoms with Crippen LogP contribution in [0.4, 0.5) is 0 Å². The van der Waals surface area contributed by atoms with Crippen LogP contribution >= 0.6 is 0 Å². The van der Waals surface area contributed by atoms with Gasteiger partial charge in [-0.15, -0.1) is 0 Å². The number of carbonyl (C=O) groups is 3. The van der Waals surface area contributed by atoms with E-state index in [0.717, 1.165) is 48.5 Å². The zero-order valence-electron chi connectivity index (χ0n) is 21.2. The number of hydrogen-bond donors (Lipinski definition) is 2. The van der Waals surface area contributed by atoms with Gasteiger partial charge in [0, 0.05) is 23.1 Å². The van der Waals surface area contributed by atoms with Crippen molar-refractivity contribution in [3.63, 3.8) is 0 Å². The van der Waals surface area contributed by atoms with E-state index in [2.05, 4.69) is 10.6 Å². The van der Waals surface area contributed by atoms with E-state index in [9.17, 15) is 14.4 Å². The summed E-state index contributed by atoms with van der Waals surface area (Å²) < 4.78 is 6.10. The minimum absolute atomic E-state index is 0.156. The first-order valence-electron chi connectivity index (χ1n) is 14.1. The first kappa shape index (κ1) is 24.0. The van der Waals surface area contributed by atoms with E-state index in [1.165, 1.54) is 51.4 Å². The molecule has 1 saturated heterocycles. The summed E-state index contributed by atoms with van der Waals surface area (Å²) >= 11 is 0. The smallest absolute Gasteiger partial charge is 0.255 e. The zero-order chi connectivity index (χ0) is 24.7. The highest BCUT2D eigenvalue weighted by Gasteiger charge is 2.50. The molecule has 36 heavy (non-hydrogen) atoms. The van der Waals surface area contributed by atoms with Crippen LogP contribution in [0.25, 0.3) is 0 Å². The topological polar surface area (TPSA) is 87.7 Å². The van der Waals surface area contributed by atoms with Gasteiger partial charge in [0.2, 0.25) is 11.8 Å². The number of hydrogen-bond acceptors (Lipinski definition) is 5. The second kappa shape index (κ2) is 9.81. The van der Waals surface area contributed by atoms with Gasteiger partial charge in [0.25, 0.3) is 5.91 Å². The number of fused-ring (bicyclic) bond motifs is 1. The van der Waals surface area contributed by atoms with Crippen molar-refractivity contribution >= 4 is 17.7 Å². The number of amides is 3. The molecule has 2 aliphatic heterocycles. The van der Waals surface area contributed by atoms with Crippen LogP contribution in [0.1, 0.15) is 93.0 Å². The molecule has 1 unspecified atom stereocenters. The van der Waals surface area contributed by atoms with E-state index < -0.39 is 6.04 Å². The van der Waals surface area contributed by atoms with Gasteiger partial charge in [0.05, 0.1) is 13.2 Å². The van der Waals surface area contributed by atoms with Gasteiger partial charge in [-0.25, -0.2) is 0 Å². The third-order valence-corrected chi connectivity index (χ3v) is 9.41. The summed E-state index contributed by atoms with van der Waals surface area (Å²) in [4.78, 5) is 38.3. The van der Waals surface area contributed by atoms with E-state index in [1.54, 1.807) is 11.0 Å². The van der Waals surface area contributed by atoms with Crippen molar-refractivity contribution in [3.8, 4) is 5.75 Å². The Bertz CT molecular complexity index is 1000. The molecule has 194 valence electrons. The summed E-state index contributed by atoms with van der Waals surface area (Å²) in [6.07, 6.45) is 13.9. The molecule has 0 radical (unpaired) electrons. The SMILES string of the molecule is O=C1CCC(N2Cc3c(OCCCCCCNC45CC6CC(CC(C6)C4)C5)cccc3C2=O)C(=O)N1. The van der Waals surface area contributed by atoms with Crippen LogP contribution < -0.4 is 15.4 Å². The Morgan fingerprint density at radius 2 is 1.69 bits per heavy atom. The minimum atomic E-state index is -0.595. The van der Waals surface area contributed by atoms with Crippen molar-refractivity contribution in [1.82, 2.24) is 15.5 Å². The predicted octanol–water partition coefficient (Wildman–Crippen LogP) is 3.95. The Balaban J connectivity index is 0.926. The van der Waals surface area contributed by atoms with Gasteiger partial charge in [-0.3, -0.25) is 19.7 Å². The number of rotatable bonds is 10. The lowest BCUT2D eigenvalue weighted by Gasteiger charge is -2.57. The molecule has 7 rings (SSSR count). The van der Waals surface area contributed by atoms with Crippen molar-refractivity contribution in [1.29, 1.82) is 0 Å². The molecule has 4 aliphatic carbocycles. The Kier molecular flexibility index (Phi) is 6.53.